The maximum atomic E-state index is 12.9. The normalized spacial score (nSPS) is 20.6. The second-order valence-corrected chi connectivity index (χ2v) is 7.34. The van der Waals surface area contributed by atoms with Gasteiger partial charge in [0.05, 0.1) is 11.7 Å². The summed E-state index contributed by atoms with van der Waals surface area (Å²) in [7, 11) is 0. The van der Waals surface area contributed by atoms with E-state index in [2.05, 4.69) is 32.7 Å². The average molecular weight is 342 g/mol. The van der Waals surface area contributed by atoms with E-state index in [0.717, 1.165) is 44.0 Å². The largest absolute Gasteiger partial charge is 0.355 e. The molecular formula is C18H22N4OS. The fourth-order valence-electron chi connectivity index (χ4n) is 3.65. The fourth-order valence-corrected chi connectivity index (χ4v) is 4.52. The Kier molecular flexibility index (Phi) is 4.38. The maximum absolute atomic E-state index is 12.9. The van der Waals surface area contributed by atoms with Crippen LogP contribution in [-0.4, -0.2) is 35.5 Å². The van der Waals surface area contributed by atoms with Gasteiger partial charge in [-0.1, -0.05) is 6.07 Å². The van der Waals surface area contributed by atoms with Crippen LogP contribution in [0, 0.1) is 0 Å². The molecule has 2 aromatic heterocycles. The molecule has 2 amide bonds. The summed E-state index contributed by atoms with van der Waals surface area (Å²) in [6.45, 7) is 2.84. The van der Waals surface area contributed by atoms with Crippen LogP contribution in [0.5, 0.6) is 0 Å². The van der Waals surface area contributed by atoms with Crippen molar-refractivity contribution in [2.75, 3.05) is 29.9 Å². The zero-order valence-electron chi connectivity index (χ0n) is 13.6. The smallest absolute Gasteiger partial charge is 0.322 e. The second kappa shape index (κ2) is 6.81. The Balaban J connectivity index is 1.52. The van der Waals surface area contributed by atoms with Crippen molar-refractivity contribution in [3.8, 4) is 0 Å². The standard InChI is InChI=1S/C18H22N4OS/c23-18(22-12-4-7-15(22)16-8-5-13-24-16)20-14-6-3-9-19-17(14)21-10-1-2-11-21/h3,5-6,8-9,13,15H,1-2,4,7,10-12H2,(H,20,23). The summed E-state index contributed by atoms with van der Waals surface area (Å²) in [5.41, 5.74) is 0.821. The van der Waals surface area contributed by atoms with Crippen LogP contribution in [-0.2, 0) is 0 Å². The lowest BCUT2D eigenvalue weighted by Gasteiger charge is -2.26. The Morgan fingerprint density at radius 1 is 1.17 bits per heavy atom. The van der Waals surface area contributed by atoms with Gasteiger partial charge in [-0.05, 0) is 49.3 Å². The maximum Gasteiger partial charge on any atom is 0.322 e. The first-order chi connectivity index (χ1) is 11.8. The molecule has 4 heterocycles. The predicted octanol–water partition coefficient (Wildman–Crippen LogP) is 4.11. The third kappa shape index (κ3) is 2.98. The molecule has 2 saturated heterocycles. The highest BCUT2D eigenvalue weighted by molar-refractivity contribution is 7.10. The summed E-state index contributed by atoms with van der Waals surface area (Å²) in [5.74, 6) is 0.898. The minimum Gasteiger partial charge on any atom is -0.355 e. The molecule has 0 spiro atoms. The summed E-state index contributed by atoms with van der Waals surface area (Å²) < 4.78 is 0. The molecule has 24 heavy (non-hydrogen) atoms. The summed E-state index contributed by atoms with van der Waals surface area (Å²) in [4.78, 5) is 22.9. The summed E-state index contributed by atoms with van der Waals surface area (Å²) in [5, 5.41) is 5.19. The van der Waals surface area contributed by atoms with E-state index in [1.807, 2.05) is 17.0 Å². The molecule has 4 rings (SSSR count). The number of carbonyl (C=O) groups excluding carboxylic acids is 1. The van der Waals surface area contributed by atoms with E-state index in [1.54, 1.807) is 17.5 Å². The molecule has 1 atom stereocenters. The number of thiophene rings is 1. The second-order valence-electron chi connectivity index (χ2n) is 6.37. The molecule has 1 unspecified atom stereocenters. The highest BCUT2D eigenvalue weighted by Gasteiger charge is 2.31. The minimum absolute atomic E-state index is 0.0145. The third-order valence-corrected chi connectivity index (χ3v) is 5.79. The van der Waals surface area contributed by atoms with Gasteiger partial charge in [-0.15, -0.1) is 11.3 Å². The molecule has 2 aliphatic heterocycles. The van der Waals surface area contributed by atoms with E-state index in [-0.39, 0.29) is 12.1 Å². The van der Waals surface area contributed by atoms with Gasteiger partial charge < -0.3 is 15.1 Å². The molecule has 0 bridgehead atoms. The van der Waals surface area contributed by atoms with Crippen LogP contribution in [0.3, 0.4) is 0 Å². The van der Waals surface area contributed by atoms with Gasteiger partial charge >= 0.3 is 6.03 Å². The van der Waals surface area contributed by atoms with E-state index in [4.69, 9.17) is 0 Å². The predicted molar refractivity (Wildman–Crippen MR) is 97.7 cm³/mol. The first kappa shape index (κ1) is 15.4. The molecule has 2 aliphatic rings. The van der Waals surface area contributed by atoms with Crippen LogP contribution in [0.25, 0.3) is 0 Å². The SMILES string of the molecule is O=C(Nc1cccnc1N1CCCC1)N1CCCC1c1cccs1. The van der Waals surface area contributed by atoms with Crippen molar-refractivity contribution in [2.45, 2.75) is 31.7 Å². The number of rotatable bonds is 3. The van der Waals surface area contributed by atoms with E-state index in [9.17, 15) is 4.79 Å². The van der Waals surface area contributed by atoms with Crippen LogP contribution in [0.4, 0.5) is 16.3 Å². The van der Waals surface area contributed by atoms with Gasteiger partial charge in [-0.2, -0.15) is 0 Å². The molecular weight excluding hydrogens is 320 g/mol. The number of hydrogen-bond donors (Lipinski definition) is 1. The molecule has 5 nitrogen and oxygen atoms in total. The van der Waals surface area contributed by atoms with Crippen molar-refractivity contribution in [3.05, 3.63) is 40.7 Å². The van der Waals surface area contributed by atoms with Gasteiger partial charge in [-0.25, -0.2) is 9.78 Å². The van der Waals surface area contributed by atoms with Crippen molar-refractivity contribution >= 4 is 28.9 Å². The Hall–Kier alpha value is -2.08. The number of likely N-dealkylation sites (tertiary alicyclic amines) is 1. The molecule has 0 aliphatic carbocycles. The van der Waals surface area contributed by atoms with E-state index < -0.39 is 0 Å². The van der Waals surface area contributed by atoms with Crippen molar-refractivity contribution in [2.24, 2.45) is 0 Å². The molecule has 0 radical (unpaired) electrons. The number of urea groups is 1. The number of aromatic nitrogens is 1. The van der Waals surface area contributed by atoms with E-state index in [0.29, 0.717) is 0 Å². The fraction of sp³-hybridized carbons (Fsp3) is 0.444. The lowest BCUT2D eigenvalue weighted by atomic mass is 10.2. The van der Waals surface area contributed by atoms with Gasteiger partial charge in [0.2, 0.25) is 0 Å². The topological polar surface area (TPSA) is 48.5 Å². The van der Waals surface area contributed by atoms with E-state index in [1.165, 1.54) is 17.7 Å². The molecule has 6 heteroatoms. The average Bonchev–Trinajstić information content (AvgIpc) is 3.35. The summed E-state index contributed by atoms with van der Waals surface area (Å²) in [6, 6.07) is 8.21. The lowest BCUT2D eigenvalue weighted by molar-refractivity contribution is 0.208. The Labute approximate surface area is 146 Å². The van der Waals surface area contributed by atoms with Gasteiger partial charge in [0.1, 0.15) is 0 Å². The molecule has 126 valence electrons. The first-order valence-corrected chi connectivity index (χ1v) is 9.52. The van der Waals surface area contributed by atoms with Crippen molar-refractivity contribution in [3.63, 3.8) is 0 Å². The van der Waals surface area contributed by atoms with Crippen LogP contribution in [0.2, 0.25) is 0 Å². The van der Waals surface area contributed by atoms with E-state index >= 15 is 0 Å². The van der Waals surface area contributed by atoms with Crippen LogP contribution in [0.1, 0.15) is 36.6 Å². The number of pyridine rings is 1. The highest BCUT2D eigenvalue weighted by atomic mass is 32.1. The number of anilines is 2. The molecule has 2 fully saturated rings. The first-order valence-electron chi connectivity index (χ1n) is 8.64. The Morgan fingerprint density at radius 2 is 2.04 bits per heavy atom. The number of nitrogens with one attached hydrogen (secondary N) is 1. The van der Waals surface area contributed by atoms with Gasteiger partial charge in [0, 0.05) is 30.7 Å². The summed E-state index contributed by atoms with van der Waals surface area (Å²) >= 11 is 1.73. The van der Waals surface area contributed by atoms with Crippen molar-refractivity contribution in [1.29, 1.82) is 0 Å². The molecule has 2 aromatic rings. The third-order valence-electron chi connectivity index (χ3n) is 4.82. The van der Waals surface area contributed by atoms with Gasteiger partial charge in [0.25, 0.3) is 0 Å². The monoisotopic (exact) mass is 342 g/mol. The Bertz CT molecular complexity index is 697. The van der Waals surface area contributed by atoms with Crippen LogP contribution in [0.15, 0.2) is 35.8 Å². The molecule has 0 aromatic carbocycles. The minimum atomic E-state index is -0.0145. The highest BCUT2D eigenvalue weighted by Crippen LogP contribution is 2.35. The zero-order valence-corrected chi connectivity index (χ0v) is 14.5. The van der Waals surface area contributed by atoms with Gasteiger partial charge in [-0.3, -0.25) is 0 Å². The quantitative estimate of drug-likeness (QED) is 0.913. The van der Waals surface area contributed by atoms with Crippen molar-refractivity contribution < 1.29 is 4.79 Å². The van der Waals surface area contributed by atoms with Crippen LogP contribution >= 0.6 is 11.3 Å². The van der Waals surface area contributed by atoms with Gasteiger partial charge in [0.15, 0.2) is 5.82 Å². The van der Waals surface area contributed by atoms with Crippen molar-refractivity contribution in [1.82, 2.24) is 9.88 Å². The lowest BCUT2D eigenvalue weighted by Crippen LogP contribution is -2.34. The van der Waals surface area contributed by atoms with Crippen LogP contribution < -0.4 is 10.2 Å². The number of carbonyl (C=O) groups is 1. The molecule has 1 N–H and O–H groups in total. The Morgan fingerprint density at radius 3 is 2.83 bits per heavy atom. The number of nitrogens with zero attached hydrogens (tertiary/aromatic N) is 3. The zero-order chi connectivity index (χ0) is 16.4. The summed E-state index contributed by atoms with van der Waals surface area (Å²) in [6.07, 6.45) is 6.28. The number of hydrogen-bond acceptors (Lipinski definition) is 4. The number of amides is 2. The molecule has 0 saturated carbocycles.